The number of hydrogen-bond donors (Lipinski definition) is 1. The zero-order chi connectivity index (χ0) is 11.5. The van der Waals surface area contributed by atoms with E-state index in [4.69, 9.17) is 10.5 Å². The molecule has 1 rings (SSSR count). The lowest BCUT2D eigenvalue weighted by molar-refractivity contribution is -0.149. The van der Waals surface area contributed by atoms with E-state index in [9.17, 15) is 13.2 Å². The number of hydrogen-bond acceptors (Lipinski definition) is 2. The third-order valence-electron chi connectivity index (χ3n) is 1.90. The molecule has 0 aromatic heterocycles. The monoisotopic (exact) mass is 255 g/mol. The van der Waals surface area contributed by atoms with Crippen LogP contribution in [0, 0.1) is 0 Å². The Balaban J connectivity index is 0.00000225. The summed E-state index contributed by atoms with van der Waals surface area (Å²) in [6, 6.07) is 3.66. The van der Waals surface area contributed by atoms with Gasteiger partial charge in [-0.1, -0.05) is 12.1 Å². The van der Waals surface area contributed by atoms with Gasteiger partial charge < -0.3 is 10.5 Å². The quantitative estimate of drug-likeness (QED) is 0.901. The zero-order valence-electron chi connectivity index (χ0n) is 8.62. The molecule has 0 aliphatic heterocycles. The molecule has 0 amide bonds. The summed E-state index contributed by atoms with van der Waals surface area (Å²) in [6.07, 6.45) is -4.41. The van der Waals surface area contributed by atoms with Gasteiger partial charge in [-0.3, -0.25) is 0 Å². The van der Waals surface area contributed by atoms with Crippen molar-refractivity contribution in [1.82, 2.24) is 0 Å². The lowest BCUT2D eigenvalue weighted by atomic mass is 10.1. The molecule has 16 heavy (non-hydrogen) atoms. The summed E-state index contributed by atoms with van der Waals surface area (Å²) in [5.74, 6) is 0.538. The van der Waals surface area contributed by atoms with Gasteiger partial charge in [-0.05, 0) is 24.6 Å². The number of ether oxygens (including phenoxy) is 1. The fourth-order valence-corrected chi connectivity index (χ4v) is 1.13. The lowest BCUT2D eigenvalue weighted by Crippen LogP contribution is -2.28. The average molecular weight is 256 g/mol. The normalized spacial score (nSPS) is 12.8. The van der Waals surface area contributed by atoms with Gasteiger partial charge in [0.2, 0.25) is 0 Å². The van der Waals surface area contributed by atoms with Crippen molar-refractivity contribution in [3.05, 3.63) is 29.8 Å². The first-order chi connectivity index (χ1) is 6.95. The van der Waals surface area contributed by atoms with Gasteiger partial charge in [-0.25, -0.2) is 0 Å². The van der Waals surface area contributed by atoms with Crippen molar-refractivity contribution in [1.29, 1.82) is 0 Å². The van der Waals surface area contributed by atoms with Crippen LogP contribution in [0.15, 0.2) is 24.3 Å². The highest BCUT2D eigenvalue weighted by Gasteiger charge is 2.37. The van der Waals surface area contributed by atoms with Crippen molar-refractivity contribution in [2.75, 3.05) is 6.61 Å². The molecular formula is C10H13ClF3NO. The van der Waals surface area contributed by atoms with E-state index in [0.29, 0.717) is 12.4 Å². The van der Waals surface area contributed by atoms with Crippen molar-refractivity contribution < 1.29 is 17.9 Å². The largest absolute Gasteiger partial charge is 0.494 e. The van der Waals surface area contributed by atoms with Crippen molar-refractivity contribution in [3.63, 3.8) is 0 Å². The van der Waals surface area contributed by atoms with Gasteiger partial charge in [-0.2, -0.15) is 13.2 Å². The molecule has 2 nitrogen and oxygen atoms in total. The summed E-state index contributed by atoms with van der Waals surface area (Å²) in [7, 11) is 0. The Hall–Kier alpha value is -0.940. The molecule has 1 atom stereocenters. The predicted octanol–water partition coefficient (Wildman–Crippen LogP) is 3.07. The molecular weight excluding hydrogens is 243 g/mol. The van der Waals surface area contributed by atoms with Crippen LogP contribution < -0.4 is 10.5 Å². The van der Waals surface area contributed by atoms with Crippen LogP contribution in [0.4, 0.5) is 13.2 Å². The molecule has 0 aliphatic rings. The second kappa shape index (κ2) is 5.96. The maximum Gasteiger partial charge on any atom is 0.407 e. The van der Waals surface area contributed by atoms with Crippen LogP contribution in [-0.4, -0.2) is 12.8 Å². The van der Waals surface area contributed by atoms with Crippen molar-refractivity contribution in [3.8, 4) is 5.75 Å². The van der Waals surface area contributed by atoms with Crippen LogP contribution in [0.2, 0.25) is 0 Å². The SMILES string of the molecule is CCOc1ccc([C@H](N)C(F)(F)F)cc1.Cl. The fourth-order valence-electron chi connectivity index (χ4n) is 1.13. The molecule has 0 saturated carbocycles. The van der Waals surface area contributed by atoms with Gasteiger partial charge in [0.1, 0.15) is 11.8 Å². The van der Waals surface area contributed by atoms with E-state index in [2.05, 4.69) is 0 Å². The minimum atomic E-state index is -4.41. The third kappa shape index (κ3) is 3.90. The topological polar surface area (TPSA) is 35.2 Å². The summed E-state index contributed by atoms with van der Waals surface area (Å²) in [6.45, 7) is 2.28. The molecule has 6 heteroatoms. The van der Waals surface area contributed by atoms with E-state index >= 15 is 0 Å². The summed E-state index contributed by atoms with van der Waals surface area (Å²) in [5.41, 5.74) is 5.06. The summed E-state index contributed by atoms with van der Waals surface area (Å²) >= 11 is 0. The Morgan fingerprint density at radius 3 is 2.12 bits per heavy atom. The Morgan fingerprint density at radius 2 is 1.75 bits per heavy atom. The molecule has 0 unspecified atom stereocenters. The van der Waals surface area contributed by atoms with Gasteiger partial charge in [0.25, 0.3) is 0 Å². The summed E-state index contributed by atoms with van der Waals surface area (Å²) in [5, 5.41) is 0. The molecule has 0 bridgehead atoms. The van der Waals surface area contributed by atoms with Gasteiger partial charge in [0.05, 0.1) is 6.61 Å². The summed E-state index contributed by atoms with van der Waals surface area (Å²) in [4.78, 5) is 0. The first kappa shape index (κ1) is 15.1. The Kier molecular flexibility index (Phi) is 5.61. The van der Waals surface area contributed by atoms with Gasteiger partial charge in [0.15, 0.2) is 0 Å². The second-order valence-electron chi connectivity index (χ2n) is 3.02. The van der Waals surface area contributed by atoms with Gasteiger partial charge >= 0.3 is 6.18 Å². The molecule has 0 spiro atoms. The summed E-state index contributed by atoms with van der Waals surface area (Å²) < 4.78 is 41.8. The number of halogens is 4. The van der Waals surface area contributed by atoms with E-state index in [1.807, 2.05) is 0 Å². The maximum atomic E-state index is 12.2. The number of alkyl halides is 3. The minimum absolute atomic E-state index is 0. The van der Waals surface area contributed by atoms with Crippen molar-refractivity contribution in [2.24, 2.45) is 5.73 Å². The highest BCUT2D eigenvalue weighted by atomic mass is 35.5. The van der Waals surface area contributed by atoms with E-state index in [1.54, 1.807) is 6.92 Å². The molecule has 92 valence electrons. The Labute approximate surface area is 98.0 Å². The first-order valence-corrected chi connectivity index (χ1v) is 4.50. The van der Waals surface area contributed by atoms with Gasteiger partial charge in [0, 0.05) is 0 Å². The molecule has 0 saturated heterocycles. The third-order valence-corrected chi connectivity index (χ3v) is 1.90. The zero-order valence-corrected chi connectivity index (χ0v) is 9.44. The van der Waals surface area contributed by atoms with Crippen molar-refractivity contribution in [2.45, 2.75) is 19.1 Å². The van der Waals surface area contributed by atoms with E-state index in [1.165, 1.54) is 24.3 Å². The lowest BCUT2D eigenvalue weighted by Gasteiger charge is -2.16. The molecule has 1 aromatic rings. The second-order valence-corrected chi connectivity index (χ2v) is 3.02. The first-order valence-electron chi connectivity index (χ1n) is 4.50. The average Bonchev–Trinajstić information content (AvgIpc) is 2.17. The highest BCUT2D eigenvalue weighted by Crippen LogP contribution is 2.30. The smallest absolute Gasteiger partial charge is 0.407 e. The van der Waals surface area contributed by atoms with Crippen LogP contribution in [0.5, 0.6) is 5.75 Å². The van der Waals surface area contributed by atoms with E-state index in [-0.39, 0.29) is 18.0 Å². The van der Waals surface area contributed by atoms with Crippen LogP contribution >= 0.6 is 12.4 Å². The van der Waals surface area contributed by atoms with Crippen molar-refractivity contribution >= 4 is 12.4 Å². The molecule has 0 fully saturated rings. The highest BCUT2D eigenvalue weighted by molar-refractivity contribution is 5.85. The predicted molar refractivity (Wildman–Crippen MR) is 57.8 cm³/mol. The maximum absolute atomic E-state index is 12.2. The van der Waals surface area contributed by atoms with Crippen LogP contribution in [0.1, 0.15) is 18.5 Å². The fraction of sp³-hybridized carbons (Fsp3) is 0.400. The van der Waals surface area contributed by atoms with Crippen LogP contribution in [0.25, 0.3) is 0 Å². The molecule has 2 N–H and O–H groups in total. The Morgan fingerprint density at radius 1 is 1.25 bits per heavy atom. The number of nitrogens with two attached hydrogens (primary N) is 1. The van der Waals surface area contributed by atoms with Crippen LogP contribution in [0.3, 0.4) is 0 Å². The molecule has 0 heterocycles. The molecule has 1 aromatic carbocycles. The van der Waals surface area contributed by atoms with E-state index < -0.39 is 12.2 Å². The number of benzene rings is 1. The van der Waals surface area contributed by atoms with E-state index in [0.717, 1.165) is 0 Å². The van der Waals surface area contributed by atoms with Gasteiger partial charge in [-0.15, -0.1) is 12.4 Å². The standard InChI is InChI=1S/C10H12F3NO.ClH/c1-2-15-8-5-3-7(4-6-8)9(14)10(11,12)13;/h3-6,9H,2,14H2,1H3;1H/t9-;/m0./s1. The van der Waals surface area contributed by atoms with Crippen LogP contribution in [-0.2, 0) is 0 Å². The molecule has 0 aliphatic carbocycles. The Bertz CT molecular complexity index is 313. The minimum Gasteiger partial charge on any atom is -0.494 e. The molecule has 0 radical (unpaired) electrons. The number of rotatable bonds is 3.